The van der Waals surface area contributed by atoms with Gasteiger partial charge in [-0.15, -0.1) is 0 Å². The Balaban J connectivity index is 1.68. The number of H-pyrrole nitrogens is 1. The Labute approximate surface area is 183 Å². The zero-order valence-corrected chi connectivity index (χ0v) is 18.6. The van der Waals surface area contributed by atoms with Crippen LogP contribution >= 0.6 is 7.75 Å². The first-order valence-electron chi connectivity index (χ1n) is 9.65. The molecule has 1 aliphatic heterocycles. The van der Waals surface area contributed by atoms with Crippen molar-refractivity contribution in [1.82, 2.24) is 14.6 Å². The van der Waals surface area contributed by atoms with Crippen molar-refractivity contribution in [3.05, 3.63) is 62.9 Å². The predicted molar refractivity (Wildman–Crippen MR) is 111 cm³/mol. The third kappa shape index (κ3) is 5.93. The van der Waals surface area contributed by atoms with Crippen LogP contribution in [0.1, 0.15) is 18.7 Å². The highest BCUT2D eigenvalue weighted by molar-refractivity contribution is 7.52. The van der Waals surface area contributed by atoms with Crippen molar-refractivity contribution >= 4 is 13.7 Å². The van der Waals surface area contributed by atoms with Crippen molar-refractivity contribution < 1.29 is 32.6 Å². The topological polar surface area (TPSA) is 147 Å². The highest BCUT2D eigenvalue weighted by atomic mass is 31.2. The number of rotatable bonds is 9. The molecule has 0 spiro atoms. The Kier molecular flexibility index (Phi) is 7.64. The molecule has 0 aliphatic carbocycles. The van der Waals surface area contributed by atoms with E-state index in [2.05, 4.69) is 14.8 Å². The first-order chi connectivity index (χ1) is 15.2. The van der Waals surface area contributed by atoms with Gasteiger partial charge in [0, 0.05) is 11.8 Å². The number of hydrogen-bond donors (Lipinski definition) is 2. The van der Waals surface area contributed by atoms with Gasteiger partial charge in [-0.1, -0.05) is 18.2 Å². The fourth-order valence-electron chi connectivity index (χ4n) is 2.81. The second-order valence-corrected chi connectivity index (χ2v) is 8.60. The number of carbonyl (C=O) groups excluding carboxylic acids is 1. The lowest BCUT2D eigenvalue weighted by atomic mass is 10.3. The maximum atomic E-state index is 13.3. The molecule has 1 fully saturated rings. The number of aryl methyl sites for hydroxylation is 1. The van der Waals surface area contributed by atoms with E-state index < -0.39 is 43.5 Å². The summed E-state index contributed by atoms with van der Waals surface area (Å²) in [6.45, 7) is 2.66. The average molecular weight is 469 g/mol. The van der Waals surface area contributed by atoms with E-state index >= 15 is 0 Å². The summed E-state index contributed by atoms with van der Waals surface area (Å²) in [5.74, 6) is -0.409. The van der Waals surface area contributed by atoms with E-state index in [1.54, 1.807) is 37.3 Å². The number of aromatic nitrogens is 2. The molecule has 0 radical (unpaired) electrons. The van der Waals surface area contributed by atoms with Gasteiger partial charge in [0.15, 0.2) is 12.5 Å². The van der Waals surface area contributed by atoms with E-state index in [0.717, 1.165) is 0 Å². The third-order valence-electron chi connectivity index (χ3n) is 4.45. The van der Waals surface area contributed by atoms with Crippen LogP contribution < -0.4 is 20.9 Å². The number of carbonyl (C=O) groups is 1. The predicted octanol–water partition coefficient (Wildman–Crippen LogP) is 1.07. The van der Waals surface area contributed by atoms with Crippen molar-refractivity contribution in [2.45, 2.75) is 32.4 Å². The van der Waals surface area contributed by atoms with Gasteiger partial charge >= 0.3 is 19.4 Å². The zero-order valence-electron chi connectivity index (χ0n) is 17.7. The molecule has 32 heavy (non-hydrogen) atoms. The molecule has 12 nitrogen and oxygen atoms in total. The number of methoxy groups -OCH3 is 1. The number of hydrogen-bond acceptors (Lipinski definition) is 9. The molecule has 0 saturated carbocycles. The lowest BCUT2D eigenvalue weighted by Gasteiger charge is -2.23. The van der Waals surface area contributed by atoms with E-state index in [1.807, 2.05) is 0 Å². The molecule has 0 amide bonds. The summed E-state index contributed by atoms with van der Waals surface area (Å²) in [6, 6.07) is 7.27. The summed E-state index contributed by atoms with van der Waals surface area (Å²) in [5.41, 5.74) is -0.813. The Morgan fingerprint density at radius 1 is 1.34 bits per heavy atom. The summed E-state index contributed by atoms with van der Waals surface area (Å²) in [5, 5.41) is 2.51. The van der Waals surface area contributed by atoms with E-state index in [9.17, 15) is 18.9 Å². The molecule has 1 unspecified atom stereocenters. The second-order valence-electron chi connectivity index (χ2n) is 6.90. The molecular weight excluding hydrogens is 445 g/mol. The first kappa shape index (κ1) is 23.9. The van der Waals surface area contributed by atoms with Gasteiger partial charge in [0.05, 0.1) is 13.7 Å². The van der Waals surface area contributed by atoms with Crippen molar-refractivity contribution in [2.24, 2.45) is 0 Å². The van der Waals surface area contributed by atoms with E-state index in [0.29, 0.717) is 5.56 Å². The number of para-hydroxylation sites is 1. The number of benzene rings is 1. The van der Waals surface area contributed by atoms with Gasteiger partial charge in [-0.25, -0.2) is 9.36 Å². The largest absolute Gasteiger partial charge is 0.468 e. The van der Waals surface area contributed by atoms with Crippen molar-refractivity contribution in [1.29, 1.82) is 0 Å². The van der Waals surface area contributed by atoms with Crippen LogP contribution in [-0.4, -0.2) is 48.2 Å². The lowest BCUT2D eigenvalue weighted by Crippen LogP contribution is -2.35. The minimum Gasteiger partial charge on any atom is -0.468 e. The molecule has 1 aromatic carbocycles. The van der Waals surface area contributed by atoms with Crippen LogP contribution in [-0.2, 0) is 28.1 Å². The second kappa shape index (κ2) is 10.2. The molecule has 2 N–H and O–H groups in total. The van der Waals surface area contributed by atoms with Crippen LogP contribution in [0.15, 0.2) is 46.1 Å². The molecule has 1 aromatic heterocycles. The van der Waals surface area contributed by atoms with E-state index in [1.165, 1.54) is 24.8 Å². The highest BCUT2D eigenvalue weighted by Crippen LogP contribution is 2.45. The van der Waals surface area contributed by atoms with Gasteiger partial charge in [0.1, 0.15) is 18.4 Å². The molecule has 1 saturated heterocycles. The van der Waals surface area contributed by atoms with E-state index in [-0.39, 0.29) is 19.0 Å². The minimum atomic E-state index is -4.06. The normalized spacial score (nSPS) is 21.0. The van der Waals surface area contributed by atoms with Gasteiger partial charge < -0.3 is 18.7 Å². The summed E-state index contributed by atoms with van der Waals surface area (Å²) in [4.78, 5) is 37.5. The number of aromatic amines is 1. The molecule has 2 aromatic rings. The van der Waals surface area contributed by atoms with Crippen molar-refractivity contribution in [2.75, 3.05) is 20.3 Å². The summed E-state index contributed by atoms with van der Waals surface area (Å²) < 4.78 is 41.2. The number of nitrogens with zero attached hydrogens (tertiary/aromatic N) is 1. The Morgan fingerprint density at radius 3 is 2.75 bits per heavy atom. The quantitative estimate of drug-likeness (QED) is 0.404. The first-order valence-corrected chi connectivity index (χ1v) is 11.2. The average Bonchev–Trinajstić information content (AvgIpc) is 3.23. The molecule has 13 heteroatoms. The number of ether oxygens (including phenoxy) is 3. The van der Waals surface area contributed by atoms with Gasteiger partial charge in [0.25, 0.3) is 5.56 Å². The van der Waals surface area contributed by atoms with Crippen LogP contribution in [0, 0.1) is 6.92 Å². The fourth-order valence-corrected chi connectivity index (χ4v) is 4.29. The molecular formula is C19H24N3O9P. The maximum Gasteiger partial charge on any atom is 0.459 e. The Bertz CT molecular complexity index is 1100. The van der Waals surface area contributed by atoms with Gasteiger partial charge in [-0.05, 0) is 26.0 Å². The third-order valence-corrected chi connectivity index (χ3v) is 6.09. The summed E-state index contributed by atoms with van der Waals surface area (Å²) in [6.07, 6.45) is -0.438. The van der Waals surface area contributed by atoms with Crippen LogP contribution in [0.5, 0.6) is 5.75 Å². The number of nitrogens with one attached hydrogen (secondary N) is 2. The van der Waals surface area contributed by atoms with Gasteiger partial charge in [-0.3, -0.25) is 23.7 Å². The van der Waals surface area contributed by atoms with Crippen molar-refractivity contribution in [3.63, 3.8) is 0 Å². The minimum absolute atomic E-state index is 0.00471. The van der Waals surface area contributed by atoms with Crippen molar-refractivity contribution in [3.8, 4) is 5.75 Å². The van der Waals surface area contributed by atoms with Gasteiger partial charge in [0.2, 0.25) is 0 Å². The molecule has 3 rings (SSSR count). The molecule has 174 valence electrons. The van der Waals surface area contributed by atoms with Crippen LogP contribution in [0.3, 0.4) is 0 Å². The van der Waals surface area contributed by atoms with Crippen LogP contribution in [0.2, 0.25) is 0 Å². The zero-order chi connectivity index (χ0) is 23.3. The summed E-state index contributed by atoms with van der Waals surface area (Å²) >= 11 is 0. The molecule has 2 heterocycles. The lowest BCUT2D eigenvalue weighted by molar-refractivity contribution is -0.142. The monoisotopic (exact) mass is 469 g/mol. The SMILES string of the molecule is COC(=O)[C@H](C)NP(=O)(OC[C@@H]1OC[C@H](n2cc(C)c(=O)[nH]c2=O)O1)Oc1ccccc1. The Morgan fingerprint density at radius 2 is 2.06 bits per heavy atom. The Hall–Kier alpha value is -2.76. The standard InChI is InChI=1S/C19H24N3O9P/c1-12-9-22(19(25)20-17(12)23)15-10-28-16(30-15)11-29-32(26,21-13(2)18(24)27-3)31-14-7-5-4-6-8-14/h4-9,13,15-16H,10-11H2,1-3H3,(H,21,26)(H,20,23,25)/t13-,15+,16+,32?/m0/s1. The molecule has 0 bridgehead atoms. The van der Waals surface area contributed by atoms with Gasteiger partial charge in [-0.2, -0.15) is 5.09 Å². The molecule has 1 aliphatic rings. The molecule has 4 atom stereocenters. The smallest absolute Gasteiger partial charge is 0.459 e. The van der Waals surface area contributed by atoms with E-state index in [4.69, 9.17) is 18.5 Å². The fraction of sp³-hybridized carbons (Fsp3) is 0.421. The summed E-state index contributed by atoms with van der Waals surface area (Å²) in [7, 11) is -2.86. The maximum absolute atomic E-state index is 13.3. The highest BCUT2D eigenvalue weighted by Gasteiger charge is 2.36. The number of esters is 1. The van der Waals surface area contributed by atoms with Crippen LogP contribution in [0.25, 0.3) is 0 Å². The van der Waals surface area contributed by atoms with Crippen LogP contribution in [0.4, 0.5) is 0 Å².